The van der Waals surface area contributed by atoms with E-state index in [4.69, 9.17) is 4.42 Å². The van der Waals surface area contributed by atoms with Gasteiger partial charge in [0.15, 0.2) is 0 Å². The molecule has 64 heavy (non-hydrogen) atoms. The topological polar surface area (TPSA) is 16.4 Å². The average molecular weight is 820 g/mol. The van der Waals surface area contributed by atoms with Crippen LogP contribution >= 0.6 is 0 Å². The predicted octanol–water partition coefficient (Wildman–Crippen LogP) is 16.2. The molecule has 0 fully saturated rings. The standard InChI is InChI=1S/C62H45NO/c1-61(2)52-25-10-5-18-42(52)46-34-31-39(36-56(46)61)63(58-29-14-9-22-48(58)49-23-15-24-50-51-33-30-38-16-3-4-17-41(38)59(51)64-60(49)50)40-32-35-47-45-21-8-13-28-55(45)62(57(47)37-40)53-26-11-6-19-43(53)44-20-7-12-27-54(44)62/h3-13,15-22,24-28,30-37,49H,14,23,29H2,1-2H3. The molecule has 2 heteroatoms. The number of fused-ring (bicyclic) bond motifs is 18. The van der Waals surface area contributed by atoms with Crippen LogP contribution in [0.1, 0.15) is 83.7 Å². The largest absolute Gasteiger partial charge is 0.459 e. The fraction of sp³-hybridized carbons (Fsp3) is 0.129. The summed E-state index contributed by atoms with van der Waals surface area (Å²) in [7, 11) is 0. The van der Waals surface area contributed by atoms with Gasteiger partial charge in [-0.05, 0) is 127 Å². The summed E-state index contributed by atoms with van der Waals surface area (Å²) in [5.41, 5.74) is 22.8. The summed E-state index contributed by atoms with van der Waals surface area (Å²) in [5, 5.41) is 3.56. The third-order valence-corrected chi connectivity index (χ3v) is 15.5. The summed E-state index contributed by atoms with van der Waals surface area (Å²) < 4.78 is 7.12. The molecule has 0 saturated carbocycles. The molecule has 0 aliphatic heterocycles. The number of anilines is 2. The quantitative estimate of drug-likeness (QED) is 0.176. The van der Waals surface area contributed by atoms with Crippen LogP contribution in [-0.4, -0.2) is 0 Å². The molecule has 0 N–H and O–H groups in total. The Balaban J connectivity index is 1.03. The number of nitrogens with zero attached hydrogens (tertiary/aromatic N) is 1. The lowest BCUT2D eigenvalue weighted by atomic mass is 9.70. The molecule has 5 aliphatic rings. The summed E-state index contributed by atoms with van der Waals surface area (Å²) >= 11 is 0. The van der Waals surface area contributed by atoms with E-state index in [1.54, 1.807) is 0 Å². The van der Waals surface area contributed by atoms with E-state index in [1.807, 2.05) is 0 Å². The molecule has 2 nitrogen and oxygen atoms in total. The first-order chi connectivity index (χ1) is 31.5. The summed E-state index contributed by atoms with van der Waals surface area (Å²) in [5.74, 6) is 1.13. The lowest BCUT2D eigenvalue weighted by molar-refractivity contribution is 0.515. The van der Waals surface area contributed by atoms with E-state index in [-0.39, 0.29) is 11.3 Å². The van der Waals surface area contributed by atoms with E-state index in [0.29, 0.717) is 0 Å². The molecule has 9 aromatic rings. The van der Waals surface area contributed by atoms with Gasteiger partial charge in [-0.25, -0.2) is 0 Å². The molecule has 0 bridgehead atoms. The van der Waals surface area contributed by atoms with Crippen LogP contribution in [0, 0.1) is 0 Å². The maximum Gasteiger partial charge on any atom is 0.142 e. The Morgan fingerprint density at radius 2 is 1.06 bits per heavy atom. The molecule has 1 heterocycles. The van der Waals surface area contributed by atoms with E-state index in [1.165, 1.54) is 111 Å². The molecule has 14 rings (SSSR count). The van der Waals surface area contributed by atoms with Gasteiger partial charge in [-0.3, -0.25) is 0 Å². The van der Waals surface area contributed by atoms with Crippen LogP contribution in [0.3, 0.4) is 0 Å². The first-order valence-corrected chi connectivity index (χ1v) is 23.0. The van der Waals surface area contributed by atoms with Gasteiger partial charge in [0.25, 0.3) is 0 Å². The Morgan fingerprint density at radius 3 is 1.75 bits per heavy atom. The number of allylic oxidation sites excluding steroid dienone is 5. The van der Waals surface area contributed by atoms with Gasteiger partial charge in [0.2, 0.25) is 0 Å². The zero-order valence-electron chi connectivity index (χ0n) is 36.0. The SMILES string of the molecule is CC1(C)c2ccccc2-c2ccc(N(C3=C(C4CC=Cc5c4oc4c5ccc5ccccc54)C=CCC3)c3ccc4c(c3)C3(c5ccccc5-c5ccccc53)c3ccccc3-4)cc21. The van der Waals surface area contributed by atoms with Crippen molar-refractivity contribution in [2.24, 2.45) is 0 Å². The first-order valence-electron chi connectivity index (χ1n) is 23.0. The van der Waals surface area contributed by atoms with Gasteiger partial charge in [-0.15, -0.1) is 0 Å². The van der Waals surface area contributed by atoms with Gasteiger partial charge in [-0.2, -0.15) is 0 Å². The van der Waals surface area contributed by atoms with Crippen molar-refractivity contribution in [1.82, 2.24) is 0 Å². The first kappa shape index (κ1) is 36.1. The van der Waals surface area contributed by atoms with E-state index in [9.17, 15) is 0 Å². The maximum absolute atomic E-state index is 7.12. The van der Waals surface area contributed by atoms with Crippen LogP contribution in [-0.2, 0) is 10.8 Å². The molecule has 0 radical (unpaired) electrons. The number of hydrogen-bond donors (Lipinski definition) is 0. The molecule has 1 aromatic heterocycles. The van der Waals surface area contributed by atoms with Crippen LogP contribution < -0.4 is 4.90 Å². The Morgan fingerprint density at radius 1 is 0.500 bits per heavy atom. The Hall–Kier alpha value is -7.42. The maximum atomic E-state index is 7.12. The summed E-state index contributed by atoms with van der Waals surface area (Å²) in [4.78, 5) is 2.64. The third-order valence-electron chi connectivity index (χ3n) is 15.5. The fourth-order valence-corrected chi connectivity index (χ4v) is 12.7. The van der Waals surface area contributed by atoms with Crippen LogP contribution in [0.15, 0.2) is 204 Å². The number of rotatable bonds is 4. The molecule has 0 saturated heterocycles. The Labute approximate surface area is 374 Å². The highest BCUT2D eigenvalue weighted by Gasteiger charge is 2.52. The lowest BCUT2D eigenvalue weighted by Crippen LogP contribution is -2.27. The minimum Gasteiger partial charge on any atom is -0.459 e. The fourth-order valence-electron chi connectivity index (χ4n) is 12.7. The zero-order chi connectivity index (χ0) is 42.3. The number of hydrogen-bond acceptors (Lipinski definition) is 2. The van der Waals surface area contributed by atoms with Gasteiger partial charge >= 0.3 is 0 Å². The van der Waals surface area contributed by atoms with Crippen molar-refractivity contribution in [2.75, 3.05) is 4.90 Å². The summed E-state index contributed by atoms with van der Waals surface area (Å²) in [6.07, 6.45) is 12.2. The van der Waals surface area contributed by atoms with E-state index in [2.05, 4.69) is 213 Å². The summed E-state index contributed by atoms with van der Waals surface area (Å²) in [6, 6.07) is 64.2. The van der Waals surface area contributed by atoms with Gasteiger partial charge in [0.1, 0.15) is 11.3 Å². The molecular weight excluding hydrogens is 775 g/mol. The van der Waals surface area contributed by atoms with Gasteiger partial charge in [0, 0.05) is 44.7 Å². The van der Waals surface area contributed by atoms with E-state index >= 15 is 0 Å². The molecule has 1 unspecified atom stereocenters. The Bertz CT molecular complexity index is 3520. The van der Waals surface area contributed by atoms with Crippen molar-refractivity contribution in [1.29, 1.82) is 0 Å². The van der Waals surface area contributed by atoms with Crippen molar-refractivity contribution in [3.8, 4) is 33.4 Å². The minimum atomic E-state index is -0.438. The van der Waals surface area contributed by atoms with Crippen molar-refractivity contribution in [3.63, 3.8) is 0 Å². The molecular formula is C62H45NO. The predicted molar refractivity (Wildman–Crippen MR) is 264 cm³/mol. The highest BCUT2D eigenvalue weighted by Crippen LogP contribution is 2.63. The van der Waals surface area contributed by atoms with Crippen LogP contribution in [0.4, 0.5) is 11.4 Å². The highest BCUT2D eigenvalue weighted by atomic mass is 16.3. The van der Waals surface area contributed by atoms with Gasteiger partial charge in [-0.1, -0.05) is 178 Å². The lowest BCUT2D eigenvalue weighted by Gasteiger charge is -2.36. The monoisotopic (exact) mass is 819 g/mol. The van der Waals surface area contributed by atoms with Crippen molar-refractivity contribution in [2.45, 2.75) is 49.9 Å². The van der Waals surface area contributed by atoms with Crippen molar-refractivity contribution < 1.29 is 4.42 Å². The van der Waals surface area contributed by atoms with Crippen LogP contribution in [0.5, 0.6) is 0 Å². The molecule has 1 spiro atoms. The second-order valence-electron chi connectivity index (χ2n) is 18.9. The van der Waals surface area contributed by atoms with Gasteiger partial charge in [0.05, 0.1) is 5.41 Å². The smallest absolute Gasteiger partial charge is 0.142 e. The van der Waals surface area contributed by atoms with Crippen LogP contribution in [0.25, 0.3) is 61.2 Å². The minimum absolute atomic E-state index is 0.0638. The number of furan rings is 1. The number of benzene rings is 8. The molecule has 5 aliphatic carbocycles. The average Bonchev–Trinajstić information content (AvgIpc) is 4.04. The van der Waals surface area contributed by atoms with E-state index < -0.39 is 5.41 Å². The Kier molecular flexibility index (Phi) is 7.37. The summed E-state index contributed by atoms with van der Waals surface area (Å²) in [6.45, 7) is 4.79. The second-order valence-corrected chi connectivity index (χ2v) is 18.9. The zero-order valence-corrected chi connectivity index (χ0v) is 36.0. The second kappa shape index (κ2) is 13.1. The van der Waals surface area contributed by atoms with Crippen LogP contribution in [0.2, 0.25) is 0 Å². The highest BCUT2D eigenvalue weighted by molar-refractivity contribution is 6.07. The molecule has 0 amide bonds. The van der Waals surface area contributed by atoms with E-state index in [0.717, 1.165) is 30.6 Å². The molecule has 8 aromatic carbocycles. The van der Waals surface area contributed by atoms with Crippen molar-refractivity contribution in [3.05, 3.63) is 244 Å². The van der Waals surface area contributed by atoms with Crippen molar-refractivity contribution >= 4 is 39.2 Å². The van der Waals surface area contributed by atoms with Gasteiger partial charge < -0.3 is 9.32 Å². The molecule has 304 valence electrons. The third kappa shape index (κ3) is 4.65. The molecule has 1 atom stereocenters. The normalized spacial score (nSPS) is 17.6.